The number of hydrogen-bond acceptors (Lipinski definition) is 3. The molecule has 2 unspecified atom stereocenters. The van der Waals surface area contributed by atoms with E-state index in [9.17, 15) is 9.59 Å². The molecule has 0 saturated heterocycles. The standard InChI is InChI=1S/C10H17NO3/c1-3-9(12)7-4-5-8(6-7)11-10(13)14-2/h7-8H,3-6H2,1-2H3,(H,11,13). The zero-order valence-corrected chi connectivity index (χ0v) is 8.71. The number of Topliss-reactive ketones (excluding diaryl/α,β-unsaturated/α-hetero) is 1. The lowest BCUT2D eigenvalue weighted by molar-refractivity contribution is -0.122. The second kappa shape index (κ2) is 4.98. The fourth-order valence-corrected chi connectivity index (χ4v) is 1.92. The number of carbonyl (C=O) groups is 2. The largest absolute Gasteiger partial charge is 0.453 e. The number of ketones is 1. The Morgan fingerprint density at radius 2 is 2.14 bits per heavy atom. The highest BCUT2D eigenvalue weighted by molar-refractivity contribution is 5.81. The van der Waals surface area contributed by atoms with Gasteiger partial charge in [0.1, 0.15) is 5.78 Å². The van der Waals surface area contributed by atoms with Crippen molar-refractivity contribution in [3.8, 4) is 0 Å². The van der Waals surface area contributed by atoms with Gasteiger partial charge in [0, 0.05) is 18.4 Å². The quantitative estimate of drug-likeness (QED) is 0.749. The number of methoxy groups -OCH3 is 1. The van der Waals surface area contributed by atoms with Crippen LogP contribution in [0.3, 0.4) is 0 Å². The number of amides is 1. The minimum absolute atomic E-state index is 0.114. The van der Waals surface area contributed by atoms with E-state index in [-0.39, 0.29) is 12.0 Å². The zero-order chi connectivity index (χ0) is 10.6. The van der Waals surface area contributed by atoms with Crippen LogP contribution in [0.25, 0.3) is 0 Å². The molecule has 0 aromatic carbocycles. The van der Waals surface area contributed by atoms with Gasteiger partial charge < -0.3 is 10.1 Å². The molecule has 1 saturated carbocycles. The topological polar surface area (TPSA) is 55.4 Å². The number of rotatable bonds is 3. The molecule has 1 amide bonds. The Labute approximate surface area is 84.0 Å². The van der Waals surface area contributed by atoms with Crippen LogP contribution in [-0.4, -0.2) is 25.0 Å². The molecule has 14 heavy (non-hydrogen) atoms. The predicted octanol–water partition coefficient (Wildman–Crippen LogP) is 1.49. The van der Waals surface area contributed by atoms with Gasteiger partial charge in [-0.3, -0.25) is 4.79 Å². The van der Waals surface area contributed by atoms with Crippen molar-refractivity contribution >= 4 is 11.9 Å². The molecule has 0 heterocycles. The smallest absolute Gasteiger partial charge is 0.407 e. The lowest BCUT2D eigenvalue weighted by atomic mass is 10.0. The lowest BCUT2D eigenvalue weighted by Crippen LogP contribution is -2.33. The first kappa shape index (κ1) is 11.0. The Morgan fingerprint density at radius 3 is 2.71 bits per heavy atom. The Kier molecular flexibility index (Phi) is 3.92. The first-order valence-electron chi connectivity index (χ1n) is 5.04. The van der Waals surface area contributed by atoms with Gasteiger partial charge in [0.15, 0.2) is 0 Å². The summed E-state index contributed by atoms with van der Waals surface area (Å²) in [5.41, 5.74) is 0. The van der Waals surface area contributed by atoms with Crippen LogP contribution in [-0.2, 0) is 9.53 Å². The van der Waals surface area contributed by atoms with Gasteiger partial charge in [-0.2, -0.15) is 0 Å². The highest BCUT2D eigenvalue weighted by atomic mass is 16.5. The van der Waals surface area contributed by atoms with Crippen LogP contribution in [0.1, 0.15) is 32.6 Å². The summed E-state index contributed by atoms with van der Waals surface area (Å²) < 4.78 is 4.50. The molecule has 0 spiro atoms. The van der Waals surface area contributed by atoms with E-state index in [4.69, 9.17) is 0 Å². The van der Waals surface area contributed by atoms with Crippen LogP contribution < -0.4 is 5.32 Å². The highest BCUT2D eigenvalue weighted by Gasteiger charge is 2.29. The van der Waals surface area contributed by atoms with Gasteiger partial charge in [0.25, 0.3) is 0 Å². The summed E-state index contributed by atoms with van der Waals surface area (Å²) in [6.45, 7) is 1.88. The van der Waals surface area contributed by atoms with Crippen LogP contribution in [0.5, 0.6) is 0 Å². The maximum absolute atomic E-state index is 11.4. The highest BCUT2D eigenvalue weighted by Crippen LogP contribution is 2.27. The first-order chi connectivity index (χ1) is 6.67. The summed E-state index contributed by atoms with van der Waals surface area (Å²) in [6, 6.07) is 0.114. The van der Waals surface area contributed by atoms with Crippen molar-refractivity contribution in [1.82, 2.24) is 5.32 Å². The molecule has 0 aliphatic heterocycles. The second-order valence-electron chi connectivity index (χ2n) is 3.66. The van der Waals surface area contributed by atoms with E-state index in [1.807, 2.05) is 6.92 Å². The second-order valence-corrected chi connectivity index (χ2v) is 3.66. The van der Waals surface area contributed by atoms with Crippen molar-refractivity contribution < 1.29 is 14.3 Å². The third-order valence-electron chi connectivity index (χ3n) is 2.74. The average Bonchev–Trinajstić information content (AvgIpc) is 2.65. The summed E-state index contributed by atoms with van der Waals surface area (Å²) in [5.74, 6) is 0.446. The summed E-state index contributed by atoms with van der Waals surface area (Å²) in [6.07, 6.45) is 2.73. The molecule has 1 fully saturated rings. The van der Waals surface area contributed by atoms with E-state index < -0.39 is 6.09 Å². The van der Waals surface area contributed by atoms with E-state index in [0.717, 1.165) is 19.3 Å². The van der Waals surface area contributed by atoms with Gasteiger partial charge in [-0.25, -0.2) is 4.79 Å². The molecule has 1 aliphatic rings. The van der Waals surface area contributed by atoms with Crippen LogP contribution >= 0.6 is 0 Å². The van der Waals surface area contributed by atoms with Crippen molar-refractivity contribution in [3.05, 3.63) is 0 Å². The molecule has 4 nitrogen and oxygen atoms in total. The fraction of sp³-hybridized carbons (Fsp3) is 0.800. The van der Waals surface area contributed by atoms with E-state index in [1.54, 1.807) is 0 Å². The minimum atomic E-state index is -0.403. The number of nitrogens with one attached hydrogen (secondary N) is 1. The molecule has 0 aromatic rings. The van der Waals surface area contributed by atoms with Gasteiger partial charge in [-0.1, -0.05) is 6.92 Å². The predicted molar refractivity (Wildman–Crippen MR) is 52.0 cm³/mol. The maximum atomic E-state index is 11.4. The summed E-state index contributed by atoms with van der Waals surface area (Å²) in [7, 11) is 1.35. The first-order valence-corrected chi connectivity index (χ1v) is 5.04. The molecule has 2 atom stereocenters. The van der Waals surface area contributed by atoms with Crippen molar-refractivity contribution in [2.75, 3.05) is 7.11 Å². The summed E-state index contributed by atoms with van der Waals surface area (Å²) in [4.78, 5) is 22.3. The van der Waals surface area contributed by atoms with Crippen molar-refractivity contribution in [3.63, 3.8) is 0 Å². The van der Waals surface area contributed by atoms with E-state index >= 15 is 0 Å². The van der Waals surface area contributed by atoms with Crippen molar-refractivity contribution in [2.45, 2.75) is 38.6 Å². The number of hydrogen-bond donors (Lipinski definition) is 1. The normalized spacial score (nSPS) is 25.9. The monoisotopic (exact) mass is 199 g/mol. The summed E-state index contributed by atoms with van der Waals surface area (Å²) in [5, 5.41) is 2.72. The number of alkyl carbamates (subject to hydrolysis) is 1. The van der Waals surface area contributed by atoms with Crippen LogP contribution in [0.15, 0.2) is 0 Å². The molecule has 1 rings (SSSR count). The lowest BCUT2D eigenvalue weighted by Gasteiger charge is -2.11. The average molecular weight is 199 g/mol. The molecular formula is C10H17NO3. The third-order valence-corrected chi connectivity index (χ3v) is 2.74. The Morgan fingerprint density at radius 1 is 1.43 bits per heavy atom. The van der Waals surface area contributed by atoms with Gasteiger partial charge in [0.2, 0.25) is 0 Å². The van der Waals surface area contributed by atoms with Crippen LogP contribution in [0.2, 0.25) is 0 Å². The maximum Gasteiger partial charge on any atom is 0.407 e. The zero-order valence-electron chi connectivity index (χ0n) is 8.71. The third kappa shape index (κ3) is 2.72. The van der Waals surface area contributed by atoms with Gasteiger partial charge in [0.05, 0.1) is 7.11 Å². The Hall–Kier alpha value is -1.06. The van der Waals surface area contributed by atoms with Crippen molar-refractivity contribution in [2.24, 2.45) is 5.92 Å². The van der Waals surface area contributed by atoms with Gasteiger partial charge in [-0.05, 0) is 19.3 Å². The molecule has 1 N–H and O–H groups in total. The summed E-state index contributed by atoms with van der Waals surface area (Å²) >= 11 is 0. The molecule has 0 aromatic heterocycles. The minimum Gasteiger partial charge on any atom is -0.453 e. The number of ether oxygens (including phenoxy) is 1. The molecule has 0 radical (unpaired) electrons. The van der Waals surface area contributed by atoms with Gasteiger partial charge in [-0.15, -0.1) is 0 Å². The molecule has 1 aliphatic carbocycles. The molecule has 4 heteroatoms. The molecule has 0 bridgehead atoms. The SMILES string of the molecule is CCC(=O)C1CCC(NC(=O)OC)C1. The van der Waals surface area contributed by atoms with Crippen LogP contribution in [0, 0.1) is 5.92 Å². The Balaban J connectivity index is 2.34. The number of carbonyl (C=O) groups excluding carboxylic acids is 2. The fourth-order valence-electron chi connectivity index (χ4n) is 1.92. The van der Waals surface area contributed by atoms with Crippen LogP contribution in [0.4, 0.5) is 4.79 Å². The Bertz CT molecular complexity index is 227. The van der Waals surface area contributed by atoms with E-state index in [2.05, 4.69) is 10.1 Å². The van der Waals surface area contributed by atoms with Crippen molar-refractivity contribution in [1.29, 1.82) is 0 Å². The van der Waals surface area contributed by atoms with E-state index in [0.29, 0.717) is 12.2 Å². The molecule has 80 valence electrons. The van der Waals surface area contributed by atoms with E-state index in [1.165, 1.54) is 7.11 Å². The van der Waals surface area contributed by atoms with Gasteiger partial charge >= 0.3 is 6.09 Å². The molecular weight excluding hydrogens is 182 g/mol.